The van der Waals surface area contributed by atoms with Gasteiger partial charge in [-0.25, -0.2) is 0 Å². The molecular formula is C8H10O3. The topological polar surface area (TPSA) is 53.6 Å². The molecule has 0 atom stereocenters. The van der Waals surface area contributed by atoms with Crippen LogP contribution in [0.5, 0.6) is 0 Å². The molecule has 1 heterocycles. The van der Waals surface area contributed by atoms with Crippen molar-refractivity contribution in [1.82, 2.24) is 0 Å². The van der Waals surface area contributed by atoms with Gasteiger partial charge in [0.2, 0.25) is 0 Å². The third kappa shape index (κ3) is 2.57. The van der Waals surface area contributed by atoms with Crippen LogP contribution in [-0.2, 0) is 0 Å². The highest BCUT2D eigenvalue weighted by atomic mass is 16.5. The van der Waals surface area contributed by atoms with Crippen molar-refractivity contribution >= 4 is 6.08 Å². The Morgan fingerprint density at radius 2 is 2.18 bits per heavy atom. The summed E-state index contributed by atoms with van der Waals surface area (Å²) in [7, 11) is 0. The van der Waals surface area contributed by atoms with E-state index in [4.69, 9.17) is 14.6 Å². The number of aliphatic hydroxyl groups is 2. The largest absolute Gasteiger partial charge is 0.462 e. The Kier molecular flexibility index (Phi) is 2.46. The lowest BCUT2D eigenvalue weighted by Gasteiger charge is -1.90. The minimum absolute atomic E-state index is 0.621. The maximum atomic E-state index is 8.45. The van der Waals surface area contributed by atoms with Crippen molar-refractivity contribution in [2.45, 2.75) is 13.2 Å². The van der Waals surface area contributed by atoms with E-state index in [-0.39, 0.29) is 0 Å². The predicted molar refractivity (Wildman–Crippen MR) is 40.7 cm³/mol. The zero-order chi connectivity index (χ0) is 8.27. The van der Waals surface area contributed by atoms with Gasteiger partial charge in [-0.05, 0) is 31.2 Å². The van der Waals surface area contributed by atoms with E-state index in [1.54, 1.807) is 6.07 Å². The molecule has 1 rings (SSSR count). The number of aryl methyl sites for hydroxylation is 1. The van der Waals surface area contributed by atoms with Crippen molar-refractivity contribution < 1.29 is 14.6 Å². The minimum atomic E-state index is -1.42. The SMILES string of the molecule is Cc1ccc(C=CC(O)O)o1. The molecule has 0 radical (unpaired) electrons. The fourth-order valence-electron chi connectivity index (χ4n) is 0.724. The van der Waals surface area contributed by atoms with Crippen LogP contribution in [-0.4, -0.2) is 16.5 Å². The Morgan fingerprint density at radius 3 is 2.64 bits per heavy atom. The van der Waals surface area contributed by atoms with Gasteiger partial charge in [0.1, 0.15) is 11.5 Å². The van der Waals surface area contributed by atoms with Gasteiger partial charge in [0.25, 0.3) is 0 Å². The zero-order valence-electron chi connectivity index (χ0n) is 6.19. The Hall–Kier alpha value is -1.06. The molecule has 0 spiro atoms. The lowest BCUT2D eigenvalue weighted by Crippen LogP contribution is -1.96. The van der Waals surface area contributed by atoms with Crippen molar-refractivity contribution in [2.24, 2.45) is 0 Å². The van der Waals surface area contributed by atoms with Gasteiger partial charge in [-0.1, -0.05) is 0 Å². The van der Waals surface area contributed by atoms with E-state index in [1.807, 2.05) is 13.0 Å². The molecule has 0 aromatic carbocycles. The number of rotatable bonds is 2. The molecular weight excluding hydrogens is 144 g/mol. The first kappa shape index (κ1) is 8.04. The number of aliphatic hydroxyl groups excluding tert-OH is 1. The van der Waals surface area contributed by atoms with E-state index in [0.29, 0.717) is 5.76 Å². The van der Waals surface area contributed by atoms with Crippen LogP contribution >= 0.6 is 0 Å². The molecule has 0 bridgehead atoms. The van der Waals surface area contributed by atoms with Crippen molar-refractivity contribution in [3.63, 3.8) is 0 Å². The van der Waals surface area contributed by atoms with Gasteiger partial charge in [-0.15, -0.1) is 0 Å². The van der Waals surface area contributed by atoms with Gasteiger partial charge in [-0.2, -0.15) is 0 Å². The Labute approximate surface area is 64.6 Å². The van der Waals surface area contributed by atoms with Crippen molar-refractivity contribution in [1.29, 1.82) is 0 Å². The molecule has 0 aliphatic rings. The summed E-state index contributed by atoms with van der Waals surface area (Å²) in [6.07, 6.45) is 1.33. The Bertz CT molecular complexity index is 248. The summed E-state index contributed by atoms with van der Waals surface area (Å²) in [5.74, 6) is 1.42. The summed E-state index contributed by atoms with van der Waals surface area (Å²) >= 11 is 0. The maximum Gasteiger partial charge on any atom is 0.171 e. The fourth-order valence-corrected chi connectivity index (χ4v) is 0.724. The second-order valence-corrected chi connectivity index (χ2v) is 2.22. The first-order valence-electron chi connectivity index (χ1n) is 3.29. The van der Waals surface area contributed by atoms with Crippen LogP contribution < -0.4 is 0 Å². The van der Waals surface area contributed by atoms with Gasteiger partial charge >= 0.3 is 0 Å². The Morgan fingerprint density at radius 1 is 1.45 bits per heavy atom. The number of hydrogen-bond donors (Lipinski definition) is 2. The Balaban J connectivity index is 2.64. The van der Waals surface area contributed by atoms with Gasteiger partial charge in [0, 0.05) is 0 Å². The fraction of sp³-hybridized carbons (Fsp3) is 0.250. The predicted octanol–water partition coefficient (Wildman–Crippen LogP) is 0.912. The summed E-state index contributed by atoms with van der Waals surface area (Å²) in [4.78, 5) is 0. The molecule has 0 saturated carbocycles. The van der Waals surface area contributed by atoms with Crippen LogP contribution in [0.4, 0.5) is 0 Å². The minimum Gasteiger partial charge on any atom is -0.462 e. The molecule has 0 amide bonds. The molecule has 0 aliphatic carbocycles. The van der Waals surface area contributed by atoms with E-state index in [1.165, 1.54) is 12.2 Å². The van der Waals surface area contributed by atoms with Crippen molar-refractivity contribution in [2.75, 3.05) is 0 Å². The normalized spacial score (nSPS) is 11.6. The first-order chi connectivity index (χ1) is 5.18. The second-order valence-electron chi connectivity index (χ2n) is 2.22. The number of hydrogen-bond acceptors (Lipinski definition) is 3. The van der Waals surface area contributed by atoms with Crippen LogP contribution in [0.2, 0.25) is 0 Å². The number of furan rings is 1. The molecule has 0 fully saturated rings. The summed E-state index contributed by atoms with van der Waals surface area (Å²) in [5.41, 5.74) is 0. The van der Waals surface area contributed by atoms with Crippen LogP contribution in [0, 0.1) is 6.92 Å². The van der Waals surface area contributed by atoms with Crippen LogP contribution in [0.25, 0.3) is 6.08 Å². The van der Waals surface area contributed by atoms with Crippen molar-refractivity contribution in [3.8, 4) is 0 Å². The molecule has 0 aliphatic heterocycles. The quantitative estimate of drug-likeness (QED) is 0.622. The monoisotopic (exact) mass is 154 g/mol. The van der Waals surface area contributed by atoms with Gasteiger partial charge in [0.05, 0.1) is 0 Å². The standard InChI is InChI=1S/C8H10O3/c1-6-2-3-7(11-6)4-5-8(9)10/h2-5,8-10H,1H3. The highest BCUT2D eigenvalue weighted by Crippen LogP contribution is 2.07. The maximum absolute atomic E-state index is 8.45. The highest BCUT2D eigenvalue weighted by molar-refractivity contribution is 5.43. The van der Waals surface area contributed by atoms with E-state index < -0.39 is 6.29 Å². The van der Waals surface area contributed by atoms with E-state index in [2.05, 4.69) is 0 Å². The third-order valence-corrected chi connectivity index (χ3v) is 1.19. The summed E-state index contributed by atoms with van der Waals surface area (Å²) in [6.45, 7) is 1.83. The van der Waals surface area contributed by atoms with Crippen LogP contribution in [0.15, 0.2) is 22.6 Å². The third-order valence-electron chi connectivity index (χ3n) is 1.19. The van der Waals surface area contributed by atoms with Crippen LogP contribution in [0.1, 0.15) is 11.5 Å². The molecule has 2 N–H and O–H groups in total. The molecule has 3 heteroatoms. The molecule has 3 nitrogen and oxygen atoms in total. The molecule has 1 aromatic rings. The van der Waals surface area contributed by atoms with Gasteiger partial charge in [-0.3, -0.25) is 0 Å². The summed E-state index contributed by atoms with van der Waals surface area (Å²) in [6, 6.07) is 3.57. The molecule has 11 heavy (non-hydrogen) atoms. The van der Waals surface area contributed by atoms with Crippen LogP contribution in [0.3, 0.4) is 0 Å². The van der Waals surface area contributed by atoms with Gasteiger partial charge < -0.3 is 14.6 Å². The summed E-state index contributed by atoms with van der Waals surface area (Å²) < 4.78 is 5.12. The zero-order valence-corrected chi connectivity index (χ0v) is 6.19. The van der Waals surface area contributed by atoms with E-state index in [0.717, 1.165) is 5.76 Å². The van der Waals surface area contributed by atoms with Crippen molar-refractivity contribution in [3.05, 3.63) is 29.7 Å². The highest BCUT2D eigenvalue weighted by Gasteiger charge is 1.93. The molecule has 0 saturated heterocycles. The second kappa shape index (κ2) is 3.37. The smallest absolute Gasteiger partial charge is 0.171 e. The lowest BCUT2D eigenvalue weighted by atomic mass is 10.4. The van der Waals surface area contributed by atoms with Gasteiger partial charge in [0.15, 0.2) is 6.29 Å². The van der Waals surface area contributed by atoms with E-state index in [9.17, 15) is 0 Å². The molecule has 1 aromatic heterocycles. The average Bonchev–Trinajstić information content (AvgIpc) is 2.31. The molecule has 60 valence electrons. The first-order valence-corrected chi connectivity index (χ1v) is 3.29. The average molecular weight is 154 g/mol. The molecule has 0 unspecified atom stereocenters. The lowest BCUT2D eigenvalue weighted by molar-refractivity contribution is 0.00298. The summed E-state index contributed by atoms with van der Waals surface area (Å²) in [5, 5.41) is 16.9. The van der Waals surface area contributed by atoms with E-state index >= 15 is 0 Å².